The highest BCUT2D eigenvalue weighted by atomic mass is 16.2. The van der Waals surface area contributed by atoms with Crippen LogP contribution in [0.1, 0.15) is 33.2 Å². The van der Waals surface area contributed by atoms with Crippen molar-refractivity contribution in [3.8, 4) is 0 Å². The summed E-state index contributed by atoms with van der Waals surface area (Å²) in [6, 6.07) is 15.7. The second-order valence-corrected chi connectivity index (χ2v) is 6.64. The van der Waals surface area contributed by atoms with E-state index in [1.807, 2.05) is 41.3 Å². The number of H-pyrrole nitrogens is 1. The first-order valence-electron chi connectivity index (χ1n) is 8.87. The van der Waals surface area contributed by atoms with Crippen LogP contribution in [0.5, 0.6) is 0 Å². The highest BCUT2D eigenvalue weighted by Crippen LogP contribution is 2.32. The summed E-state index contributed by atoms with van der Waals surface area (Å²) in [6.07, 6.45) is 4.97. The number of amides is 1. The summed E-state index contributed by atoms with van der Waals surface area (Å²) in [7, 11) is 0. The van der Waals surface area contributed by atoms with Crippen molar-refractivity contribution < 1.29 is 4.79 Å². The van der Waals surface area contributed by atoms with Gasteiger partial charge in [-0.15, -0.1) is 0 Å². The fourth-order valence-electron chi connectivity index (χ4n) is 3.76. The average molecular weight is 355 g/mol. The Hall–Kier alpha value is -3.54. The molecule has 2 aromatic heterocycles. The van der Waals surface area contributed by atoms with Crippen LogP contribution in [0.3, 0.4) is 0 Å². The van der Waals surface area contributed by atoms with Crippen molar-refractivity contribution >= 4 is 16.9 Å². The number of rotatable bonds is 2. The quantitative estimate of drug-likeness (QED) is 0.599. The topological polar surface area (TPSA) is 74.8 Å². The van der Waals surface area contributed by atoms with E-state index < -0.39 is 0 Å². The zero-order chi connectivity index (χ0) is 18.2. The van der Waals surface area contributed by atoms with Crippen LogP contribution in [-0.2, 0) is 6.54 Å². The van der Waals surface area contributed by atoms with Crippen molar-refractivity contribution in [2.45, 2.75) is 12.5 Å². The van der Waals surface area contributed by atoms with Crippen LogP contribution in [0.2, 0.25) is 0 Å². The Morgan fingerprint density at radius 1 is 1.00 bits per heavy atom. The zero-order valence-electron chi connectivity index (χ0n) is 14.5. The molecule has 0 bridgehead atoms. The molecule has 1 unspecified atom stereocenters. The number of nitrogens with one attached hydrogen (secondary N) is 1. The summed E-state index contributed by atoms with van der Waals surface area (Å²) >= 11 is 0. The Morgan fingerprint density at radius 2 is 1.85 bits per heavy atom. The number of para-hydroxylation sites is 1. The molecule has 1 amide bonds. The summed E-state index contributed by atoms with van der Waals surface area (Å²) in [4.78, 5) is 31.6. The molecule has 6 heteroatoms. The van der Waals surface area contributed by atoms with E-state index in [1.165, 1.54) is 0 Å². The van der Waals surface area contributed by atoms with E-state index in [0.29, 0.717) is 24.2 Å². The lowest BCUT2D eigenvalue weighted by molar-refractivity contribution is 0.0723. The molecule has 0 spiro atoms. The number of carbonyl (C=O) groups is 1. The number of hydrogen-bond donors (Lipinski definition) is 1. The Bertz CT molecular complexity index is 1120. The molecule has 1 aliphatic heterocycles. The molecule has 5 rings (SSSR count). The maximum absolute atomic E-state index is 13.3. The molecule has 0 saturated carbocycles. The monoisotopic (exact) mass is 355 g/mol. The van der Waals surface area contributed by atoms with Gasteiger partial charge in [0.05, 0.1) is 35.3 Å². The van der Waals surface area contributed by atoms with Crippen LogP contribution < -0.4 is 0 Å². The zero-order valence-corrected chi connectivity index (χ0v) is 14.5. The van der Waals surface area contributed by atoms with E-state index in [-0.39, 0.29) is 11.8 Å². The second-order valence-electron chi connectivity index (χ2n) is 6.64. The molecule has 1 atom stereocenters. The summed E-state index contributed by atoms with van der Waals surface area (Å²) in [6.45, 7) is 1.09. The first-order valence-corrected chi connectivity index (χ1v) is 8.87. The molecule has 27 heavy (non-hydrogen) atoms. The third-order valence-electron chi connectivity index (χ3n) is 5.05. The SMILES string of the molecule is O=C(c1cccc2nccnc12)N1Cc2[nH]cnc2C(c2ccccc2)C1. The van der Waals surface area contributed by atoms with Gasteiger partial charge in [0.2, 0.25) is 0 Å². The van der Waals surface area contributed by atoms with E-state index in [4.69, 9.17) is 0 Å². The molecule has 1 N–H and O–H groups in total. The predicted molar refractivity (Wildman–Crippen MR) is 101 cm³/mol. The third kappa shape index (κ3) is 2.66. The van der Waals surface area contributed by atoms with Crippen molar-refractivity contribution in [2.75, 3.05) is 6.54 Å². The number of nitrogens with zero attached hydrogens (tertiary/aromatic N) is 4. The molecule has 1 aliphatic rings. The molecular formula is C21H17N5O. The van der Waals surface area contributed by atoms with Crippen molar-refractivity contribution in [3.63, 3.8) is 0 Å². The van der Waals surface area contributed by atoms with E-state index in [9.17, 15) is 4.79 Å². The minimum atomic E-state index is -0.0396. The van der Waals surface area contributed by atoms with Crippen LogP contribution in [0.25, 0.3) is 11.0 Å². The van der Waals surface area contributed by atoms with E-state index in [1.54, 1.807) is 18.7 Å². The standard InChI is InChI=1S/C21H17N5O/c27-21(15-7-4-8-17-19(15)23-10-9-22-17)26-11-16(14-5-2-1-3-6-14)20-18(12-26)24-13-25-20/h1-10,13,16H,11-12H2,(H,24,25). The summed E-state index contributed by atoms with van der Waals surface area (Å²) in [5.74, 6) is 0.00786. The molecule has 0 aliphatic carbocycles. The van der Waals surface area contributed by atoms with E-state index in [2.05, 4.69) is 32.1 Å². The lowest BCUT2D eigenvalue weighted by Crippen LogP contribution is -2.38. The molecule has 3 heterocycles. The van der Waals surface area contributed by atoms with Gasteiger partial charge in [0, 0.05) is 24.9 Å². The molecule has 4 aromatic rings. The lowest BCUT2D eigenvalue weighted by atomic mass is 9.90. The Morgan fingerprint density at radius 3 is 2.74 bits per heavy atom. The van der Waals surface area contributed by atoms with Gasteiger partial charge in [-0.3, -0.25) is 14.8 Å². The fraction of sp³-hybridized carbons (Fsp3) is 0.143. The molecule has 2 aromatic carbocycles. The van der Waals surface area contributed by atoms with Crippen molar-refractivity contribution in [3.05, 3.63) is 89.8 Å². The number of fused-ring (bicyclic) bond motifs is 2. The number of carbonyl (C=O) groups excluding carboxylic acids is 1. The third-order valence-corrected chi connectivity index (χ3v) is 5.05. The Labute approximate surface area is 155 Å². The van der Waals surface area contributed by atoms with Gasteiger partial charge in [0.25, 0.3) is 5.91 Å². The van der Waals surface area contributed by atoms with Gasteiger partial charge in [0.1, 0.15) is 5.52 Å². The molecule has 0 saturated heterocycles. The number of hydrogen-bond acceptors (Lipinski definition) is 4. The first-order chi connectivity index (χ1) is 13.3. The lowest BCUT2D eigenvalue weighted by Gasteiger charge is -2.32. The normalized spacial score (nSPS) is 16.3. The molecule has 132 valence electrons. The Balaban J connectivity index is 1.55. The second kappa shape index (κ2) is 6.32. The molecular weight excluding hydrogens is 338 g/mol. The fourth-order valence-corrected chi connectivity index (χ4v) is 3.76. The molecule has 6 nitrogen and oxygen atoms in total. The van der Waals surface area contributed by atoms with Gasteiger partial charge in [-0.25, -0.2) is 4.98 Å². The van der Waals surface area contributed by atoms with Gasteiger partial charge < -0.3 is 9.88 Å². The average Bonchev–Trinajstić information content (AvgIpc) is 3.21. The minimum absolute atomic E-state index is 0.0396. The Kier molecular flexibility index (Phi) is 3.67. The van der Waals surface area contributed by atoms with Gasteiger partial charge in [-0.2, -0.15) is 0 Å². The van der Waals surface area contributed by atoms with Gasteiger partial charge in [-0.05, 0) is 17.7 Å². The smallest absolute Gasteiger partial charge is 0.256 e. The number of imidazole rings is 1. The van der Waals surface area contributed by atoms with Crippen LogP contribution in [0.4, 0.5) is 0 Å². The van der Waals surface area contributed by atoms with Crippen LogP contribution in [0, 0.1) is 0 Å². The van der Waals surface area contributed by atoms with Gasteiger partial charge >= 0.3 is 0 Å². The molecule has 0 fully saturated rings. The molecule has 0 radical (unpaired) electrons. The highest BCUT2D eigenvalue weighted by molar-refractivity contribution is 6.04. The highest BCUT2D eigenvalue weighted by Gasteiger charge is 2.32. The van der Waals surface area contributed by atoms with E-state index >= 15 is 0 Å². The predicted octanol–water partition coefficient (Wildman–Crippen LogP) is 3.14. The van der Waals surface area contributed by atoms with Crippen molar-refractivity contribution in [2.24, 2.45) is 0 Å². The minimum Gasteiger partial charge on any atom is -0.347 e. The van der Waals surface area contributed by atoms with Crippen molar-refractivity contribution in [1.82, 2.24) is 24.8 Å². The van der Waals surface area contributed by atoms with E-state index in [0.717, 1.165) is 22.5 Å². The van der Waals surface area contributed by atoms with Crippen LogP contribution in [0.15, 0.2) is 67.3 Å². The van der Waals surface area contributed by atoms with Crippen LogP contribution in [-0.4, -0.2) is 37.3 Å². The van der Waals surface area contributed by atoms with Gasteiger partial charge in [-0.1, -0.05) is 36.4 Å². The summed E-state index contributed by atoms with van der Waals surface area (Å²) < 4.78 is 0. The largest absolute Gasteiger partial charge is 0.347 e. The first kappa shape index (κ1) is 15.7. The maximum Gasteiger partial charge on any atom is 0.256 e. The van der Waals surface area contributed by atoms with Gasteiger partial charge in [0.15, 0.2) is 0 Å². The van der Waals surface area contributed by atoms with Crippen molar-refractivity contribution in [1.29, 1.82) is 0 Å². The van der Waals surface area contributed by atoms with Crippen LogP contribution >= 0.6 is 0 Å². The summed E-state index contributed by atoms with van der Waals surface area (Å²) in [5.41, 5.74) is 5.09. The number of benzene rings is 2. The maximum atomic E-state index is 13.3. The number of aromatic amines is 1. The number of aromatic nitrogens is 4. The summed E-state index contributed by atoms with van der Waals surface area (Å²) in [5, 5.41) is 0.